The molecule has 3 rings (SSSR count). The summed E-state index contributed by atoms with van der Waals surface area (Å²) in [5.41, 5.74) is 2.44. The van der Waals surface area contributed by atoms with E-state index >= 15 is 0 Å². The van der Waals surface area contributed by atoms with Crippen LogP contribution in [0.4, 0.5) is 0 Å². The Balaban J connectivity index is 1.57. The Morgan fingerprint density at radius 2 is 2.30 bits per heavy atom. The van der Waals surface area contributed by atoms with Crippen molar-refractivity contribution in [3.05, 3.63) is 41.7 Å². The summed E-state index contributed by atoms with van der Waals surface area (Å²) in [4.78, 5) is 0. The Morgan fingerprint density at radius 3 is 3.10 bits per heavy atom. The molecule has 1 aromatic carbocycles. The third-order valence-corrected chi connectivity index (χ3v) is 3.84. The van der Waals surface area contributed by atoms with Crippen LogP contribution in [0, 0.1) is 0 Å². The second-order valence-electron chi connectivity index (χ2n) is 5.27. The summed E-state index contributed by atoms with van der Waals surface area (Å²) in [5, 5.41) is 4.55. The standard InChI is InChI=1S/C17H21NO2/c1-19-16-8-4-7-14-11-15(20-17(14)16)12-18-10-9-13-5-2-3-6-13/h4-5,7-8,11,18H,2-3,6,9-10,12H2,1H3. The molecule has 20 heavy (non-hydrogen) atoms. The van der Waals surface area contributed by atoms with E-state index in [1.807, 2.05) is 18.2 Å². The highest BCUT2D eigenvalue weighted by Crippen LogP contribution is 2.28. The third kappa shape index (κ3) is 2.88. The van der Waals surface area contributed by atoms with Gasteiger partial charge in [0.15, 0.2) is 11.3 Å². The summed E-state index contributed by atoms with van der Waals surface area (Å²) in [6.07, 6.45) is 7.41. The number of furan rings is 1. The summed E-state index contributed by atoms with van der Waals surface area (Å²) in [7, 11) is 1.67. The van der Waals surface area contributed by atoms with Crippen molar-refractivity contribution in [1.29, 1.82) is 0 Å². The normalized spacial score (nSPS) is 14.8. The first-order chi connectivity index (χ1) is 9.86. The van der Waals surface area contributed by atoms with Gasteiger partial charge in [-0.3, -0.25) is 0 Å². The second kappa shape index (κ2) is 6.14. The van der Waals surface area contributed by atoms with Gasteiger partial charge in [-0.05, 0) is 44.4 Å². The largest absolute Gasteiger partial charge is 0.493 e. The highest BCUT2D eigenvalue weighted by molar-refractivity contribution is 5.83. The zero-order chi connectivity index (χ0) is 13.8. The van der Waals surface area contributed by atoms with Crippen LogP contribution >= 0.6 is 0 Å². The van der Waals surface area contributed by atoms with Gasteiger partial charge in [0.1, 0.15) is 5.76 Å². The minimum Gasteiger partial charge on any atom is -0.493 e. The SMILES string of the molecule is COc1cccc2cc(CNCCC3=CCCC3)oc12. The first-order valence-electron chi connectivity index (χ1n) is 7.31. The van der Waals surface area contributed by atoms with E-state index in [0.29, 0.717) is 0 Å². The molecule has 0 spiro atoms. The molecule has 2 aromatic rings. The summed E-state index contributed by atoms with van der Waals surface area (Å²) >= 11 is 0. The average molecular weight is 271 g/mol. The molecule has 0 saturated carbocycles. The van der Waals surface area contributed by atoms with E-state index in [0.717, 1.165) is 42.0 Å². The molecule has 0 radical (unpaired) electrons. The molecular formula is C17H21NO2. The van der Waals surface area contributed by atoms with Crippen LogP contribution < -0.4 is 10.1 Å². The number of para-hydroxylation sites is 1. The Kier molecular flexibility index (Phi) is 4.07. The number of ether oxygens (including phenoxy) is 1. The number of allylic oxidation sites excluding steroid dienone is 1. The first kappa shape index (κ1) is 13.3. The van der Waals surface area contributed by atoms with Crippen LogP contribution in [-0.2, 0) is 6.54 Å². The molecule has 1 aliphatic rings. The lowest BCUT2D eigenvalue weighted by atomic mass is 10.2. The first-order valence-corrected chi connectivity index (χ1v) is 7.31. The van der Waals surface area contributed by atoms with Crippen LogP contribution in [0.5, 0.6) is 5.75 Å². The number of benzene rings is 1. The lowest BCUT2D eigenvalue weighted by molar-refractivity contribution is 0.406. The van der Waals surface area contributed by atoms with E-state index < -0.39 is 0 Å². The van der Waals surface area contributed by atoms with Crippen LogP contribution in [0.3, 0.4) is 0 Å². The highest BCUT2D eigenvalue weighted by atomic mass is 16.5. The molecule has 0 aliphatic heterocycles. The molecule has 1 aromatic heterocycles. The molecule has 1 N–H and O–H groups in total. The quantitative estimate of drug-likeness (QED) is 0.636. The Morgan fingerprint density at radius 1 is 1.35 bits per heavy atom. The molecule has 0 saturated heterocycles. The molecule has 0 fully saturated rings. The molecule has 3 heteroatoms. The number of hydrogen-bond donors (Lipinski definition) is 1. The molecule has 0 atom stereocenters. The molecule has 3 nitrogen and oxygen atoms in total. The minimum atomic E-state index is 0.769. The van der Waals surface area contributed by atoms with Crippen molar-refractivity contribution < 1.29 is 9.15 Å². The molecule has 0 bridgehead atoms. The topological polar surface area (TPSA) is 34.4 Å². The second-order valence-corrected chi connectivity index (χ2v) is 5.27. The minimum absolute atomic E-state index is 0.769. The number of fused-ring (bicyclic) bond motifs is 1. The van der Waals surface area contributed by atoms with Gasteiger partial charge in [-0.25, -0.2) is 0 Å². The third-order valence-electron chi connectivity index (χ3n) is 3.84. The average Bonchev–Trinajstić information content (AvgIpc) is 3.11. The van der Waals surface area contributed by atoms with Gasteiger partial charge in [0.05, 0.1) is 13.7 Å². The van der Waals surface area contributed by atoms with Crippen LogP contribution in [0.2, 0.25) is 0 Å². The van der Waals surface area contributed by atoms with Crippen LogP contribution in [-0.4, -0.2) is 13.7 Å². The van der Waals surface area contributed by atoms with Gasteiger partial charge in [0.25, 0.3) is 0 Å². The van der Waals surface area contributed by atoms with Gasteiger partial charge in [-0.15, -0.1) is 0 Å². The number of methoxy groups -OCH3 is 1. The van der Waals surface area contributed by atoms with Crippen LogP contribution in [0.15, 0.2) is 40.3 Å². The number of hydrogen-bond acceptors (Lipinski definition) is 3. The van der Waals surface area contributed by atoms with Gasteiger partial charge in [-0.1, -0.05) is 23.8 Å². The lowest BCUT2D eigenvalue weighted by Crippen LogP contribution is -2.14. The monoisotopic (exact) mass is 271 g/mol. The Hall–Kier alpha value is -1.74. The van der Waals surface area contributed by atoms with Crippen molar-refractivity contribution in [3.8, 4) is 5.75 Å². The number of rotatable bonds is 6. The maximum Gasteiger partial charge on any atom is 0.176 e. The van der Waals surface area contributed by atoms with Gasteiger partial charge in [0.2, 0.25) is 0 Å². The summed E-state index contributed by atoms with van der Waals surface area (Å²) in [5.74, 6) is 1.76. The fraction of sp³-hybridized carbons (Fsp3) is 0.412. The van der Waals surface area contributed by atoms with E-state index in [4.69, 9.17) is 9.15 Å². The lowest BCUT2D eigenvalue weighted by Gasteiger charge is -2.03. The van der Waals surface area contributed by atoms with Gasteiger partial charge in [0, 0.05) is 5.39 Å². The maximum absolute atomic E-state index is 5.86. The van der Waals surface area contributed by atoms with Gasteiger partial charge < -0.3 is 14.5 Å². The Labute approximate surface area is 119 Å². The highest BCUT2D eigenvalue weighted by Gasteiger charge is 2.08. The van der Waals surface area contributed by atoms with Crippen LogP contribution in [0.25, 0.3) is 11.0 Å². The smallest absolute Gasteiger partial charge is 0.176 e. The van der Waals surface area contributed by atoms with Crippen molar-refractivity contribution in [2.24, 2.45) is 0 Å². The van der Waals surface area contributed by atoms with Gasteiger partial charge >= 0.3 is 0 Å². The van der Waals surface area contributed by atoms with E-state index in [-0.39, 0.29) is 0 Å². The molecule has 1 heterocycles. The van der Waals surface area contributed by atoms with E-state index in [1.54, 1.807) is 12.7 Å². The van der Waals surface area contributed by atoms with Crippen LogP contribution in [0.1, 0.15) is 31.4 Å². The number of nitrogens with one attached hydrogen (secondary N) is 1. The molecule has 1 aliphatic carbocycles. The van der Waals surface area contributed by atoms with Crippen molar-refractivity contribution in [3.63, 3.8) is 0 Å². The fourth-order valence-electron chi connectivity index (χ4n) is 2.76. The van der Waals surface area contributed by atoms with Crippen molar-refractivity contribution in [1.82, 2.24) is 5.32 Å². The molecule has 0 amide bonds. The predicted octanol–water partition coefficient (Wildman–Crippen LogP) is 4.03. The van der Waals surface area contributed by atoms with Crippen molar-refractivity contribution >= 4 is 11.0 Å². The molecule has 0 unspecified atom stereocenters. The molecular weight excluding hydrogens is 250 g/mol. The Bertz CT molecular complexity index is 612. The summed E-state index contributed by atoms with van der Waals surface area (Å²) < 4.78 is 11.2. The summed E-state index contributed by atoms with van der Waals surface area (Å²) in [6.45, 7) is 1.78. The van der Waals surface area contributed by atoms with E-state index in [9.17, 15) is 0 Å². The van der Waals surface area contributed by atoms with E-state index in [1.165, 1.54) is 19.3 Å². The maximum atomic E-state index is 5.86. The van der Waals surface area contributed by atoms with Crippen molar-refractivity contribution in [2.75, 3.05) is 13.7 Å². The summed E-state index contributed by atoms with van der Waals surface area (Å²) in [6, 6.07) is 8.05. The van der Waals surface area contributed by atoms with Gasteiger partial charge in [-0.2, -0.15) is 0 Å². The van der Waals surface area contributed by atoms with Crippen molar-refractivity contribution in [2.45, 2.75) is 32.2 Å². The zero-order valence-electron chi connectivity index (χ0n) is 11.9. The molecule has 106 valence electrons. The fourth-order valence-corrected chi connectivity index (χ4v) is 2.76. The predicted molar refractivity (Wildman–Crippen MR) is 81.0 cm³/mol. The van der Waals surface area contributed by atoms with E-state index in [2.05, 4.69) is 17.5 Å². The zero-order valence-corrected chi connectivity index (χ0v) is 11.9.